The van der Waals surface area contributed by atoms with E-state index < -0.39 is 0 Å². The highest BCUT2D eigenvalue weighted by molar-refractivity contribution is 9.10. The third-order valence-electron chi connectivity index (χ3n) is 3.03. The van der Waals surface area contributed by atoms with Gasteiger partial charge in [-0.25, -0.2) is 0 Å². The molecule has 2 rings (SSSR count). The smallest absolute Gasteiger partial charge is 0.120 e. The van der Waals surface area contributed by atoms with E-state index in [4.69, 9.17) is 4.74 Å². The zero-order valence-corrected chi connectivity index (χ0v) is 11.2. The molecule has 1 aliphatic rings. The Kier molecular flexibility index (Phi) is 4.24. The molecule has 0 amide bonds. The van der Waals surface area contributed by atoms with Gasteiger partial charge in [-0.15, -0.1) is 0 Å². The number of rotatable bonds is 3. The molecule has 1 aromatic carbocycles. The number of piperidine rings is 1. The molecule has 0 aliphatic carbocycles. The fourth-order valence-electron chi connectivity index (χ4n) is 2.12. The molecule has 2 unspecified atom stereocenters. The van der Waals surface area contributed by atoms with Crippen molar-refractivity contribution in [3.8, 4) is 5.75 Å². The van der Waals surface area contributed by atoms with Crippen LogP contribution in [0.2, 0.25) is 0 Å². The van der Waals surface area contributed by atoms with Crippen molar-refractivity contribution in [3.63, 3.8) is 0 Å². The van der Waals surface area contributed by atoms with Crippen molar-refractivity contribution in [3.05, 3.63) is 28.7 Å². The van der Waals surface area contributed by atoms with Gasteiger partial charge in [0.05, 0.1) is 0 Å². The highest BCUT2D eigenvalue weighted by Gasteiger charge is 2.20. The second-order valence-electron chi connectivity index (χ2n) is 4.34. The Hall–Kier alpha value is -0.540. The van der Waals surface area contributed by atoms with Gasteiger partial charge in [0.2, 0.25) is 0 Å². The summed E-state index contributed by atoms with van der Waals surface area (Å²) in [5, 5.41) is 3.52. The third-order valence-corrected chi connectivity index (χ3v) is 3.53. The van der Waals surface area contributed by atoms with Gasteiger partial charge in [0.15, 0.2) is 0 Å². The van der Waals surface area contributed by atoms with Crippen molar-refractivity contribution in [1.82, 2.24) is 5.32 Å². The number of ether oxygens (including phenoxy) is 1. The predicted molar refractivity (Wildman–Crippen MR) is 69.9 cm³/mol. The molecule has 3 heteroatoms. The van der Waals surface area contributed by atoms with Crippen LogP contribution in [0.15, 0.2) is 28.7 Å². The maximum absolute atomic E-state index is 5.94. The first-order valence-electron chi connectivity index (χ1n) is 5.91. The molecule has 1 N–H and O–H groups in total. The van der Waals surface area contributed by atoms with Crippen LogP contribution in [-0.4, -0.2) is 18.7 Å². The molecule has 2 atom stereocenters. The maximum atomic E-state index is 5.94. The molecule has 0 bridgehead atoms. The Morgan fingerprint density at radius 1 is 1.44 bits per heavy atom. The second-order valence-corrected chi connectivity index (χ2v) is 5.25. The molecule has 16 heavy (non-hydrogen) atoms. The topological polar surface area (TPSA) is 21.3 Å². The summed E-state index contributed by atoms with van der Waals surface area (Å²) in [7, 11) is 0. The van der Waals surface area contributed by atoms with E-state index in [1.807, 2.05) is 24.3 Å². The van der Waals surface area contributed by atoms with Gasteiger partial charge >= 0.3 is 0 Å². The quantitative estimate of drug-likeness (QED) is 0.919. The minimum atomic E-state index is 0.231. The van der Waals surface area contributed by atoms with Crippen LogP contribution >= 0.6 is 15.9 Å². The lowest BCUT2D eigenvalue weighted by molar-refractivity contribution is 0.152. The monoisotopic (exact) mass is 283 g/mol. The van der Waals surface area contributed by atoms with Crippen LogP contribution in [0.1, 0.15) is 26.2 Å². The Balaban J connectivity index is 1.93. The van der Waals surface area contributed by atoms with Crippen molar-refractivity contribution < 1.29 is 4.74 Å². The van der Waals surface area contributed by atoms with E-state index in [2.05, 4.69) is 28.2 Å². The highest BCUT2D eigenvalue weighted by Crippen LogP contribution is 2.21. The summed E-state index contributed by atoms with van der Waals surface area (Å²) in [6, 6.07) is 8.52. The predicted octanol–water partition coefficient (Wildman–Crippen LogP) is 3.36. The van der Waals surface area contributed by atoms with E-state index in [0.717, 1.165) is 16.8 Å². The first-order valence-corrected chi connectivity index (χ1v) is 6.70. The molecule has 1 aliphatic heterocycles. The summed E-state index contributed by atoms with van der Waals surface area (Å²) in [6.45, 7) is 3.26. The van der Waals surface area contributed by atoms with Crippen LogP contribution in [0.25, 0.3) is 0 Å². The van der Waals surface area contributed by atoms with Crippen LogP contribution in [0, 0.1) is 0 Å². The second kappa shape index (κ2) is 5.69. The zero-order chi connectivity index (χ0) is 11.4. The molecule has 1 heterocycles. The highest BCUT2D eigenvalue weighted by atomic mass is 79.9. The molecule has 0 spiro atoms. The van der Waals surface area contributed by atoms with Crippen molar-refractivity contribution in [2.75, 3.05) is 6.54 Å². The maximum Gasteiger partial charge on any atom is 0.120 e. The minimum Gasteiger partial charge on any atom is -0.489 e. The van der Waals surface area contributed by atoms with Gasteiger partial charge in [0.1, 0.15) is 11.9 Å². The first-order chi connectivity index (χ1) is 7.75. The van der Waals surface area contributed by atoms with E-state index in [1.165, 1.54) is 19.3 Å². The lowest BCUT2D eigenvalue weighted by Crippen LogP contribution is -2.44. The zero-order valence-electron chi connectivity index (χ0n) is 9.58. The van der Waals surface area contributed by atoms with Gasteiger partial charge < -0.3 is 10.1 Å². The SMILES string of the molecule is CC(Oc1cccc(Br)c1)C1CCCCN1. The van der Waals surface area contributed by atoms with E-state index in [-0.39, 0.29) is 6.10 Å². The van der Waals surface area contributed by atoms with Crippen LogP contribution in [0.5, 0.6) is 5.75 Å². The Morgan fingerprint density at radius 3 is 3.00 bits per heavy atom. The molecular weight excluding hydrogens is 266 g/mol. The summed E-state index contributed by atoms with van der Waals surface area (Å²) >= 11 is 3.45. The largest absolute Gasteiger partial charge is 0.489 e. The first kappa shape index (κ1) is 11.9. The summed E-state index contributed by atoms with van der Waals surface area (Å²) < 4.78 is 7.01. The number of hydrogen-bond donors (Lipinski definition) is 1. The lowest BCUT2D eigenvalue weighted by atomic mass is 10.0. The van der Waals surface area contributed by atoms with Gasteiger partial charge in [-0.3, -0.25) is 0 Å². The summed E-state index contributed by atoms with van der Waals surface area (Å²) in [6.07, 6.45) is 4.05. The fourth-order valence-corrected chi connectivity index (χ4v) is 2.49. The van der Waals surface area contributed by atoms with E-state index in [9.17, 15) is 0 Å². The van der Waals surface area contributed by atoms with Crippen LogP contribution in [-0.2, 0) is 0 Å². The average molecular weight is 284 g/mol. The Labute approximate surface area is 106 Å². The van der Waals surface area contributed by atoms with E-state index >= 15 is 0 Å². The van der Waals surface area contributed by atoms with Crippen molar-refractivity contribution >= 4 is 15.9 Å². The minimum absolute atomic E-state index is 0.231. The van der Waals surface area contributed by atoms with Crippen molar-refractivity contribution in [2.24, 2.45) is 0 Å². The number of halogens is 1. The van der Waals surface area contributed by atoms with E-state index in [0.29, 0.717) is 6.04 Å². The molecule has 2 nitrogen and oxygen atoms in total. The summed E-state index contributed by atoms with van der Waals surface area (Å²) in [4.78, 5) is 0. The van der Waals surface area contributed by atoms with E-state index in [1.54, 1.807) is 0 Å². The van der Waals surface area contributed by atoms with Gasteiger partial charge in [0.25, 0.3) is 0 Å². The number of hydrogen-bond acceptors (Lipinski definition) is 2. The Bertz CT molecular complexity index is 336. The summed E-state index contributed by atoms with van der Waals surface area (Å²) in [5.41, 5.74) is 0. The number of benzene rings is 1. The number of nitrogens with one attached hydrogen (secondary N) is 1. The van der Waals surface area contributed by atoms with Gasteiger partial charge in [-0.1, -0.05) is 28.4 Å². The summed E-state index contributed by atoms with van der Waals surface area (Å²) in [5.74, 6) is 0.939. The molecule has 0 saturated carbocycles. The van der Waals surface area contributed by atoms with Gasteiger partial charge in [-0.05, 0) is 44.5 Å². The standard InChI is InChI=1S/C13H18BrNO/c1-10(13-7-2-3-8-15-13)16-12-6-4-5-11(14)9-12/h4-6,9-10,13,15H,2-3,7-8H2,1H3. The molecule has 1 aromatic rings. The Morgan fingerprint density at radius 2 is 2.31 bits per heavy atom. The fraction of sp³-hybridized carbons (Fsp3) is 0.538. The third kappa shape index (κ3) is 3.22. The van der Waals surface area contributed by atoms with Crippen molar-refractivity contribution in [1.29, 1.82) is 0 Å². The van der Waals surface area contributed by atoms with Gasteiger partial charge in [-0.2, -0.15) is 0 Å². The molecule has 1 fully saturated rings. The van der Waals surface area contributed by atoms with Crippen LogP contribution in [0.3, 0.4) is 0 Å². The molecule has 1 saturated heterocycles. The molecular formula is C13H18BrNO. The molecule has 0 radical (unpaired) electrons. The van der Waals surface area contributed by atoms with Crippen LogP contribution < -0.4 is 10.1 Å². The van der Waals surface area contributed by atoms with Gasteiger partial charge in [0, 0.05) is 10.5 Å². The normalized spacial score (nSPS) is 22.8. The lowest BCUT2D eigenvalue weighted by Gasteiger charge is -2.29. The average Bonchev–Trinajstić information content (AvgIpc) is 2.30. The van der Waals surface area contributed by atoms with Crippen molar-refractivity contribution in [2.45, 2.75) is 38.3 Å². The van der Waals surface area contributed by atoms with Crippen LogP contribution in [0.4, 0.5) is 0 Å². The molecule has 0 aromatic heterocycles. The molecule has 88 valence electrons.